The van der Waals surface area contributed by atoms with Crippen molar-refractivity contribution < 1.29 is 18.7 Å². The normalized spacial score (nSPS) is 17.1. The first-order valence-corrected chi connectivity index (χ1v) is 10.0. The quantitative estimate of drug-likeness (QED) is 0.747. The zero-order chi connectivity index (χ0) is 19.4. The maximum Gasteiger partial charge on any atom is 0.410 e. The van der Waals surface area contributed by atoms with Gasteiger partial charge in [-0.25, -0.2) is 9.18 Å². The number of thiophene rings is 1. The minimum Gasteiger partial charge on any atom is -0.486 e. The Bertz CT molecular complexity index is 793. The van der Waals surface area contributed by atoms with Gasteiger partial charge in [0.2, 0.25) is 0 Å². The van der Waals surface area contributed by atoms with Crippen LogP contribution in [0, 0.1) is 12.7 Å². The number of rotatable bonds is 5. The molecule has 0 radical (unpaired) electrons. The van der Waals surface area contributed by atoms with E-state index in [-0.39, 0.29) is 24.1 Å². The van der Waals surface area contributed by atoms with Gasteiger partial charge in [0, 0.05) is 17.5 Å². The van der Waals surface area contributed by atoms with Gasteiger partial charge in [0.1, 0.15) is 17.7 Å². The first kappa shape index (κ1) is 19.5. The number of anilines is 2. The Kier molecular flexibility index (Phi) is 6.21. The van der Waals surface area contributed by atoms with Crippen molar-refractivity contribution in [3.05, 3.63) is 40.3 Å². The summed E-state index contributed by atoms with van der Waals surface area (Å²) in [4.78, 5) is 15.0. The maximum atomic E-state index is 13.8. The topological polar surface area (TPSA) is 50.8 Å². The van der Waals surface area contributed by atoms with E-state index in [1.54, 1.807) is 22.3 Å². The highest BCUT2D eigenvalue weighted by Crippen LogP contribution is 2.33. The van der Waals surface area contributed by atoms with Crippen LogP contribution in [0.5, 0.6) is 5.75 Å². The molecule has 1 atom stereocenters. The lowest BCUT2D eigenvalue weighted by Gasteiger charge is -2.33. The molecule has 0 unspecified atom stereocenters. The molecule has 1 aromatic carbocycles. The molecule has 7 heteroatoms. The molecule has 0 spiro atoms. The number of halogens is 1. The van der Waals surface area contributed by atoms with Crippen LogP contribution in [0.4, 0.5) is 20.6 Å². The highest BCUT2D eigenvalue weighted by Gasteiger charge is 2.27. The van der Waals surface area contributed by atoms with Crippen LogP contribution in [0.3, 0.4) is 0 Å². The number of nitrogens with zero attached hydrogens (tertiary/aromatic N) is 1. The van der Waals surface area contributed by atoms with Crippen LogP contribution in [0.2, 0.25) is 0 Å². The Morgan fingerprint density at radius 1 is 1.33 bits per heavy atom. The van der Waals surface area contributed by atoms with Crippen molar-refractivity contribution >= 4 is 28.8 Å². The lowest BCUT2D eigenvalue weighted by atomic mass is 10.1. The van der Waals surface area contributed by atoms with E-state index in [1.807, 2.05) is 32.2 Å². The summed E-state index contributed by atoms with van der Waals surface area (Å²) in [6.45, 7) is 6.75. The second-order valence-corrected chi connectivity index (χ2v) is 8.04. The van der Waals surface area contributed by atoms with E-state index >= 15 is 0 Å². The van der Waals surface area contributed by atoms with E-state index in [2.05, 4.69) is 5.32 Å². The number of amides is 1. The van der Waals surface area contributed by atoms with Crippen molar-refractivity contribution in [2.24, 2.45) is 0 Å². The summed E-state index contributed by atoms with van der Waals surface area (Å²) in [6, 6.07) is 6.45. The van der Waals surface area contributed by atoms with Gasteiger partial charge >= 0.3 is 6.09 Å². The van der Waals surface area contributed by atoms with Gasteiger partial charge < -0.3 is 19.7 Å². The maximum absolute atomic E-state index is 13.8. The van der Waals surface area contributed by atoms with Crippen molar-refractivity contribution in [2.75, 3.05) is 18.4 Å². The third-order valence-electron chi connectivity index (χ3n) is 4.34. The predicted octanol–water partition coefficient (Wildman–Crippen LogP) is 5.33. The van der Waals surface area contributed by atoms with Crippen molar-refractivity contribution in [3.63, 3.8) is 0 Å². The summed E-state index contributed by atoms with van der Waals surface area (Å²) in [7, 11) is 0. The number of hydrogen-bond donors (Lipinski definition) is 1. The molecule has 1 amide bonds. The smallest absolute Gasteiger partial charge is 0.410 e. The number of nitrogens with one attached hydrogen (secondary N) is 1. The van der Waals surface area contributed by atoms with Gasteiger partial charge in [-0.3, -0.25) is 0 Å². The summed E-state index contributed by atoms with van der Waals surface area (Å²) in [5.74, 6) is 0.0918. The van der Waals surface area contributed by atoms with Crippen LogP contribution in [0.1, 0.15) is 31.6 Å². The van der Waals surface area contributed by atoms with Crippen LogP contribution < -0.4 is 10.1 Å². The van der Waals surface area contributed by atoms with E-state index in [4.69, 9.17) is 9.47 Å². The SMILES string of the molecule is Cc1sccc1Nc1ccc(F)cc1O[C@H]1CCCN(C(=O)OC(C)C)C1. The lowest BCUT2D eigenvalue weighted by molar-refractivity contribution is 0.0441. The fourth-order valence-corrected chi connectivity index (χ4v) is 3.67. The largest absolute Gasteiger partial charge is 0.486 e. The number of ether oxygens (including phenoxy) is 2. The second kappa shape index (κ2) is 8.61. The molecule has 1 N–H and O–H groups in total. The van der Waals surface area contributed by atoms with Crippen LogP contribution in [0.25, 0.3) is 0 Å². The number of aryl methyl sites for hydroxylation is 1. The molecule has 0 saturated carbocycles. The van der Waals surface area contributed by atoms with Crippen molar-refractivity contribution in [1.82, 2.24) is 4.90 Å². The monoisotopic (exact) mass is 392 g/mol. The molecule has 0 bridgehead atoms. The van der Waals surface area contributed by atoms with E-state index in [0.717, 1.165) is 23.4 Å². The molecule has 2 heterocycles. The molecule has 5 nitrogen and oxygen atoms in total. The van der Waals surface area contributed by atoms with Crippen molar-refractivity contribution in [1.29, 1.82) is 0 Å². The molecule has 1 aliphatic heterocycles. The molecule has 27 heavy (non-hydrogen) atoms. The fourth-order valence-electron chi connectivity index (χ4n) is 3.01. The summed E-state index contributed by atoms with van der Waals surface area (Å²) in [5, 5.41) is 5.31. The molecule has 2 aromatic rings. The zero-order valence-corrected chi connectivity index (χ0v) is 16.6. The molecule has 1 fully saturated rings. The van der Waals surface area contributed by atoms with Gasteiger partial charge in [-0.15, -0.1) is 11.3 Å². The Hall–Kier alpha value is -2.28. The van der Waals surface area contributed by atoms with Crippen LogP contribution in [-0.2, 0) is 4.74 Å². The number of carbonyl (C=O) groups is 1. The number of likely N-dealkylation sites (tertiary alicyclic amines) is 1. The molecule has 1 aliphatic rings. The van der Waals surface area contributed by atoms with Crippen molar-refractivity contribution in [2.45, 2.75) is 45.8 Å². The molecule has 1 aromatic heterocycles. The van der Waals surface area contributed by atoms with Gasteiger partial charge in [-0.1, -0.05) is 0 Å². The molecule has 0 aliphatic carbocycles. The van der Waals surface area contributed by atoms with Gasteiger partial charge in [0.15, 0.2) is 0 Å². The van der Waals surface area contributed by atoms with Crippen LogP contribution in [-0.4, -0.2) is 36.3 Å². The van der Waals surface area contributed by atoms with Crippen molar-refractivity contribution in [3.8, 4) is 5.75 Å². The summed E-state index contributed by atoms with van der Waals surface area (Å²) in [5.41, 5.74) is 1.68. The Balaban J connectivity index is 1.71. The third-order valence-corrected chi connectivity index (χ3v) is 5.18. The van der Waals surface area contributed by atoms with Crippen LogP contribution >= 0.6 is 11.3 Å². The number of carbonyl (C=O) groups excluding carboxylic acids is 1. The Morgan fingerprint density at radius 3 is 2.85 bits per heavy atom. The molecule has 3 rings (SSSR count). The van der Waals surface area contributed by atoms with Gasteiger partial charge in [-0.05, 0) is 57.2 Å². The van der Waals surface area contributed by atoms with Gasteiger partial charge in [0.05, 0.1) is 24.0 Å². The summed E-state index contributed by atoms with van der Waals surface area (Å²) in [6.07, 6.45) is 0.930. The summed E-state index contributed by atoms with van der Waals surface area (Å²) < 4.78 is 25.2. The zero-order valence-electron chi connectivity index (χ0n) is 15.8. The predicted molar refractivity (Wildman–Crippen MR) is 106 cm³/mol. The lowest BCUT2D eigenvalue weighted by Crippen LogP contribution is -2.45. The van der Waals surface area contributed by atoms with Gasteiger partial charge in [0.25, 0.3) is 0 Å². The van der Waals surface area contributed by atoms with E-state index in [9.17, 15) is 9.18 Å². The van der Waals surface area contributed by atoms with E-state index in [1.165, 1.54) is 12.1 Å². The van der Waals surface area contributed by atoms with Crippen LogP contribution in [0.15, 0.2) is 29.6 Å². The Morgan fingerprint density at radius 2 is 2.15 bits per heavy atom. The molecular weight excluding hydrogens is 367 g/mol. The molecule has 146 valence electrons. The molecular formula is C20H25FN2O3S. The number of benzene rings is 1. The average molecular weight is 392 g/mol. The van der Waals surface area contributed by atoms with Gasteiger partial charge in [-0.2, -0.15) is 0 Å². The highest BCUT2D eigenvalue weighted by molar-refractivity contribution is 7.10. The van der Waals surface area contributed by atoms with E-state index in [0.29, 0.717) is 24.5 Å². The summed E-state index contributed by atoms with van der Waals surface area (Å²) >= 11 is 1.64. The first-order valence-electron chi connectivity index (χ1n) is 9.15. The minimum atomic E-state index is -0.357. The second-order valence-electron chi connectivity index (χ2n) is 6.92. The fraction of sp³-hybridized carbons (Fsp3) is 0.450. The van der Waals surface area contributed by atoms with E-state index < -0.39 is 0 Å². The standard InChI is InChI=1S/C20H25FN2O3S/c1-13(2)25-20(24)23-9-4-5-16(12-23)26-19-11-15(21)6-7-18(19)22-17-8-10-27-14(17)3/h6-8,10-11,13,16,22H,4-5,9,12H2,1-3H3/t16-/m0/s1. The minimum absolute atomic E-state index is 0.160. The first-order chi connectivity index (χ1) is 12.9. The third kappa shape index (κ3) is 5.13. The Labute approximate surface area is 163 Å². The molecule has 1 saturated heterocycles. The number of hydrogen-bond acceptors (Lipinski definition) is 5. The average Bonchev–Trinajstić information content (AvgIpc) is 3.02. The number of piperidine rings is 1. The highest BCUT2D eigenvalue weighted by atomic mass is 32.1.